The molecule has 3 aromatic heterocycles. The van der Waals surface area contributed by atoms with Gasteiger partial charge in [-0.2, -0.15) is 13.5 Å². The predicted molar refractivity (Wildman–Crippen MR) is 103 cm³/mol. The van der Waals surface area contributed by atoms with Crippen molar-refractivity contribution in [3.05, 3.63) is 54.2 Å². The number of benzene rings is 1. The number of pyridine rings is 1. The SMILES string of the molecule is Cc1cc(F)c2[nH]c(S(=O)(=O)N(C)c3ccccn3)cc2c1-c1ncn(C)n1. The van der Waals surface area contributed by atoms with Crippen molar-refractivity contribution in [2.75, 3.05) is 11.4 Å². The van der Waals surface area contributed by atoms with Crippen molar-refractivity contribution in [1.29, 1.82) is 0 Å². The van der Waals surface area contributed by atoms with E-state index in [0.717, 1.165) is 4.31 Å². The van der Waals surface area contributed by atoms with Gasteiger partial charge in [0.1, 0.15) is 18.0 Å². The zero-order valence-electron chi connectivity index (χ0n) is 15.4. The number of hydrogen-bond donors (Lipinski definition) is 1. The van der Waals surface area contributed by atoms with Gasteiger partial charge in [0.05, 0.1) is 5.52 Å². The molecule has 0 spiro atoms. The smallest absolute Gasteiger partial charge is 0.280 e. The minimum Gasteiger partial charge on any atom is -0.342 e. The molecular formula is C18H17FN6O2S. The first-order valence-electron chi connectivity index (χ1n) is 8.37. The van der Waals surface area contributed by atoms with E-state index in [0.29, 0.717) is 22.3 Å². The molecule has 28 heavy (non-hydrogen) atoms. The largest absolute Gasteiger partial charge is 0.342 e. The fraction of sp³-hybridized carbons (Fsp3) is 0.167. The molecular weight excluding hydrogens is 383 g/mol. The van der Waals surface area contributed by atoms with Crippen LogP contribution in [0.2, 0.25) is 0 Å². The Morgan fingerprint density at radius 3 is 2.64 bits per heavy atom. The number of H-pyrrole nitrogens is 1. The van der Waals surface area contributed by atoms with Crippen molar-refractivity contribution < 1.29 is 12.8 Å². The Bertz CT molecular complexity index is 1280. The monoisotopic (exact) mass is 400 g/mol. The molecule has 0 aliphatic rings. The maximum atomic E-state index is 14.6. The van der Waals surface area contributed by atoms with Gasteiger partial charge in [0.25, 0.3) is 10.0 Å². The van der Waals surface area contributed by atoms with E-state index in [2.05, 4.69) is 20.1 Å². The van der Waals surface area contributed by atoms with Gasteiger partial charge in [-0.1, -0.05) is 6.07 Å². The molecule has 4 aromatic rings. The number of aromatic nitrogens is 5. The predicted octanol–water partition coefficient (Wildman–Crippen LogP) is 2.63. The summed E-state index contributed by atoms with van der Waals surface area (Å²) in [5, 5.41) is 4.53. The topological polar surface area (TPSA) is 96.8 Å². The van der Waals surface area contributed by atoms with Gasteiger partial charge in [-0.05, 0) is 36.8 Å². The van der Waals surface area contributed by atoms with E-state index in [1.165, 1.54) is 36.4 Å². The zero-order valence-corrected chi connectivity index (χ0v) is 16.2. The van der Waals surface area contributed by atoms with Gasteiger partial charge in [-0.15, -0.1) is 0 Å². The van der Waals surface area contributed by atoms with Gasteiger partial charge >= 0.3 is 0 Å². The highest BCUT2D eigenvalue weighted by molar-refractivity contribution is 7.92. The maximum Gasteiger partial charge on any atom is 0.280 e. The second-order valence-corrected chi connectivity index (χ2v) is 8.31. The van der Waals surface area contributed by atoms with Gasteiger partial charge in [0, 0.05) is 31.2 Å². The summed E-state index contributed by atoms with van der Waals surface area (Å²) >= 11 is 0. The number of sulfonamides is 1. The Morgan fingerprint density at radius 1 is 1.21 bits per heavy atom. The molecule has 3 heterocycles. The Kier molecular flexibility index (Phi) is 4.15. The lowest BCUT2D eigenvalue weighted by Gasteiger charge is -2.16. The molecule has 0 fully saturated rings. The lowest BCUT2D eigenvalue weighted by molar-refractivity contribution is 0.591. The summed E-state index contributed by atoms with van der Waals surface area (Å²) < 4.78 is 43.2. The van der Waals surface area contributed by atoms with E-state index in [4.69, 9.17) is 0 Å². The summed E-state index contributed by atoms with van der Waals surface area (Å²) in [7, 11) is -0.856. The Morgan fingerprint density at radius 2 is 2.00 bits per heavy atom. The molecule has 8 nitrogen and oxygen atoms in total. The van der Waals surface area contributed by atoms with Gasteiger partial charge in [0.15, 0.2) is 10.9 Å². The van der Waals surface area contributed by atoms with Crippen molar-refractivity contribution >= 4 is 26.7 Å². The summed E-state index contributed by atoms with van der Waals surface area (Å²) in [6.07, 6.45) is 3.03. The Hall–Kier alpha value is -3.27. The number of nitrogens with one attached hydrogen (secondary N) is 1. The lowest BCUT2D eigenvalue weighted by Crippen LogP contribution is -2.27. The highest BCUT2D eigenvalue weighted by Gasteiger charge is 2.27. The summed E-state index contributed by atoms with van der Waals surface area (Å²) in [4.78, 5) is 11.0. The van der Waals surface area contributed by atoms with Crippen LogP contribution in [-0.2, 0) is 17.1 Å². The minimum absolute atomic E-state index is 0.0843. The molecule has 1 N–H and O–H groups in total. The Labute approximate surface area is 160 Å². The number of aryl methyl sites for hydroxylation is 2. The second-order valence-electron chi connectivity index (χ2n) is 6.37. The van der Waals surface area contributed by atoms with Crippen LogP contribution in [0.1, 0.15) is 5.56 Å². The van der Waals surface area contributed by atoms with Crippen molar-refractivity contribution in [3.63, 3.8) is 0 Å². The van der Waals surface area contributed by atoms with Crippen LogP contribution in [0.25, 0.3) is 22.3 Å². The fourth-order valence-corrected chi connectivity index (χ4v) is 4.21. The van der Waals surface area contributed by atoms with Crippen LogP contribution in [0.4, 0.5) is 10.2 Å². The van der Waals surface area contributed by atoms with Gasteiger partial charge in [0.2, 0.25) is 0 Å². The lowest BCUT2D eigenvalue weighted by atomic mass is 10.0. The maximum absolute atomic E-state index is 14.6. The second kappa shape index (κ2) is 6.41. The average molecular weight is 400 g/mol. The van der Waals surface area contributed by atoms with Gasteiger partial charge in [-0.25, -0.2) is 14.4 Å². The first-order chi connectivity index (χ1) is 13.3. The van der Waals surface area contributed by atoms with Crippen molar-refractivity contribution in [2.24, 2.45) is 7.05 Å². The summed E-state index contributed by atoms with van der Waals surface area (Å²) in [6.45, 7) is 1.73. The molecule has 0 aliphatic heterocycles. The molecule has 144 valence electrons. The first kappa shape index (κ1) is 18.1. The summed E-state index contributed by atoms with van der Waals surface area (Å²) in [5.74, 6) is 0.101. The minimum atomic E-state index is -3.97. The van der Waals surface area contributed by atoms with E-state index in [9.17, 15) is 12.8 Å². The number of aromatic amines is 1. The highest BCUT2D eigenvalue weighted by atomic mass is 32.2. The number of nitrogens with zero attached hydrogens (tertiary/aromatic N) is 5. The molecule has 0 amide bonds. The molecule has 0 aliphatic carbocycles. The number of fused-ring (bicyclic) bond motifs is 1. The molecule has 0 bridgehead atoms. The van der Waals surface area contributed by atoms with E-state index < -0.39 is 15.8 Å². The number of hydrogen-bond acceptors (Lipinski definition) is 5. The van der Waals surface area contributed by atoms with Crippen LogP contribution in [0.5, 0.6) is 0 Å². The zero-order chi connectivity index (χ0) is 20.1. The van der Waals surface area contributed by atoms with Crippen molar-refractivity contribution in [3.8, 4) is 11.4 Å². The summed E-state index contributed by atoms with van der Waals surface area (Å²) in [6, 6.07) is 7.70. The number of rotatable bonds is 4. The van der Waals surface area contributed by atoms with Crippen LogP contribution in [0.15, 0.2) is 47.9 Å². The number of halogens is 1. The quantitative estimate of drug-likeness (QED) is 0.568. The average Bonchev–Trinajstić information content (AvgIpc) is 3.29. The molecule has 0 unspecified atom stereocenters. The molecule has 0 atom stereocenters. The van der Waals surface area contributed by atoms with Crippen LogP contribution in [0.3, 0.4) is 0 Å². The molecule has 1 aromatic carbocycles. The molecule has 0 saturated heterocycles. The third kappa shape index (κ3) is 2.82. The number of anilines is 1. The van der Waals surface area contributed by atoms with Gasteiger partial charge < -0.3 is 4.98 Å². The molecule has 10 heteroatoms. The van der Waals surface area contributed by atoms with Crippen molar-refractivity contribution in [1.82, 2.24) is 24.7 Å². The van der Waals surface area contributed by atoms with Crippen LogP contribution < -0.4 is 4.31 Å². The van der Waals surface area contributed by atoms with Crippen LogP contribution in [0, 0.1) is 12.7 Å². The van der Waals surface area contributed by atoms with Crippen LogP contribution in [-0.4, -0.2) is 40.2 Å². The highest BCUT2D eigenvalue weighted by Crippen LogP contribution is 2.34. The molecule has 4 rings (SSSR count). The van der Waals surface area contributed by atoms with E-state index in [-0.39, 0.29) is 16.4 Å². The normalized spacial score (nSPS) is 11.9. The van der Waals surface area contributed by atoms with Crippen molar-refractivity contribution in [2.45, 2.75) is 11.9 Å². The fourth-order valence-electron chi connectivity index (χ4n) is 3.06. The Balaban J connectivity index is 1.92. The van der Waals surface area contributed by atoms with Gasteiger partial charge in [-0.3, -0.25) is 8.99 Å². The first-order valence-corrected chi connectivity index (χ1v) is 9.81. The third-order valence-electron chi connectivity index (χ3n) is 4.47. The van der Waals surface area contributed by atoms with E-state index >= 15 is 0 Å². The third-order valence-corrected chi connectivity index (χ3v) is 6.16. The van der Waals surface area contributed by atoms with Crippen LogP contribution >= 0.6 is 0 Å². The molecule has 0 radical (unpaired) electrons. The molecule has 0 saturated carbocycles. The standard InChI is InChI=1S/C18H17FN6O2S/c1-11-8-13(19)17-12(16(11)18-21-10-24(2)23-18)9-15(22-17)28(26,27)25(3)14-6-4-5-7-20-14/h4-10,22H,1-3H3. The van der Waals surface area contributed by atoms with E-state index in [1.54, 1.807) is 32.2 Å². The van der Waals surface area contributed by atoms with E-state index in [1.807, 2.05) is 0 Å². The summed E-state index contributed by atoms with van der Waals surface area (Å²) in [5.41, 5.74) is 1.27.